The van der Waals surface area contributed by atoms with Gasteiger partial charge in [-0.15, -0.1) is 6.58 Å². The van der Waals surface area contributed by atoms with Crippen molar-refractivity contribution in [1.82, 2.24) is 0 Å². The molecule has 16 heavy (non-hydrogen) atoms. The van der Waals surface area contributed by atoms with E-state index in [1.165, 1.54) is 5.56 Å². The van der Waals surface area contributed by atoms with E-state index >= 15 is 0 Å². The molecule has 1 heteroatoms. The molecule has 0 unspecified atom stereocenters. The van der Waals surface area contributed by atoms with Crippen molar-refractivity contribution in [2.75, 3.05) is 0 Å². The maximum Gasteiger partial charge on any atom is 0.0991 e. The molecule has 0 saturated heterocycles. The molecule has 0 aliphatic rings. The van der Waals surface area contributed by atoms with Gasteiger partial charge in [-0.25, -0.2) is 0 Å². The number of hydrogen-bond donors (Lipinski definition) is 0. The molecule has 0 fully saturated rings. The molecule has 0 saturated carbocycles. The van der Waals surface area contributed by atoms with Crippen LogP contribution in [0.2, 0.25) is 0 Å². The Hall–Kier alpha value is -1.55. The van der Waals surface area contributed by atoms with E-state index in [2.05, 4.69) is 32.6 Å². The van der Waals surface area contributed by atoms with Crippen molar-refractivity contribution in [3.05, 3.63) is 53.5 Å². The van der Waals surface area contributed by atoms with E-state index in [0.717, 1.165) is 23.5 Å². The lowest BCUT2D eigenvalue weighted by Crippen LogP contribution is -1.98. The van der Waals surface area contributed by atoms with E-state index in [-0.39, 0.29) is 0 Å². The minimum absolute atomic E-state index is 0.603. The van der Waals surface area contributed by atoms with Gasteiger partial charge in [-0.05, 0) is 35.6 Å². The number of allylic oxidation sites excluding steroid dienone is 1. The minimum Gasteiger partial charge on any atom is -0.192 e. The lowest BCUT2D eigenvalue weighted by molar-refractivity contribution is 0.647. The van der Waals surface area contributed by atoms with Crippen LogP contribution in [0.4, 0.5) is 0 Å². The lowest BCUT2D eigenvalue weighted by Gasteiger charge is -2.11. The van der Waals surface area contributed by atoms with Gasteiger partial charge in [0.15, 0.2) is 0 Å². The van der Waals surface area contributed by atoms with Crippen LogP contribution in [-0.4, -0.2) is 0 Å². The van der Waals surface area contributed by atoms with Crippen molar-refractivity contribution >= 4 is 0 Å². The van der Waals surface area contributed by atoms with Crippen LogP contribution in [0.1, 0.15) is 37.5 Å². The van der Waals surface area contributed by atoms with Gasteiger partial charge in [0.25, 0.3) is 0 Å². The lowest BCUT2D eigenvalue weighted by atomic mass is 9.93. The number of nitrogens with zero attached hydrogens (tertiary/aromatic N) is 1. The summed E-state index contributed by atoms with van der Waals surface area (Å²) in [5.41, 5.74) is 3.06. The van der Waals surface area contributed by atoms with Crippen molar-refractivity contribution in [2.45, 2.75) is 27.2 Å². The van der Waals surface area contributed by atoms with Gasteiger partial charge in [-0.3, -0.25) is 0 Å². The summed E-state index contributed by atoms with van der Waals surface area (Å²) in [7, 11) is 0. The fourth-order valence-electron chi connectivity index (χ4n) is 1.69. The zero-order chi connectivity index (χ0) is 12.1. The largest absolute Gasteiger partial charge is 0.192 e. The average Bonchev–Trinajstić information content (AvgIpc) is 2.26. The fourth-order valence-corrected chi connectivity index (χ4v) is 1.69. The third-order valence-electron chi connectivity index (χ3n) is 2.53. The maximum atomic E-state index is 8.99. The minimum atomic E-state index is 0.603. The maximum absolute atomic E-state index is 8.99. The third-order valence-corrected chi connectivity index (χ3v) is 2.53. The van der Waals surface area contributed by atoms with Crippen LogP contribution in [-0.2, 0) is 6.42 Å². The van der Waals surface area contributed by atoms with E-state index in [1.54, 1.807) is 0 Å². The summed E-state index contributed by atoms with van der Waals surface area (Å²) in [5, 5.41) is 8.99. The highest BCUT2D eigenvalue weighted by Gasteiger charge is 2.07. The van der Waals surface area contributed by atoms with Crippen LogP contribution in [0.3, 0.4) is 0 Å². The van der Waals surface area contributed by atoms with Crippen LogP contribution in [0.5, 0.6) is 0 Å². The molecule has 0 N–H and O–H groups in total. The number of nitriles is 1. The summed E-state index contributed by atoms with van der Waals surface area (Å²) >= 11 is 0. The Morgan fingerprint density at radius 2 is 2.12 bits per heavy atom. The summed E-state index contributed by atoms with van der Waals surface area (Å²) in [4.78, 5) is 0. The van der Waals surface area contributed by atoms with Crippen molar-refractivity contribution in [3.63, 3.8) is 0 Å². The molecule has 83 valence electrons. The summed E-state index contributed by atoms with van der Waals surface area (Å²) in [6.07, 6.45) is 2.84. The molecule has 0 aromatic heterocycles. The Kier molecular flexibility index (Phi) is 4.31. The standard InChI is InChI=1S/C15H18N/c1-5-12(4)15-8-13(6-11(2)3)7-14(9-15)10-16/h5,7-9,11H,1,6H2,2-4H3. The second-order valence-electron chi connectivity index (χ2n) is 4.52. The summed E-state index contributed by atoms with van der Waals surface area (Å²) in [5.74, 6) is 1.72. The molecule has 1 rings (SSSR count). The van der Waals surface area contributed by atoms with Gasteiger partial charge in [0, 0.05) is 5.92 Å². The van der Waals surface area contributed by atoms with Gasteiger partial charge >= 0.3 is 0 Å². The normalized spacial score (nSPS) is 10.5. The molecule has 1 aromatic carbocycles. The number of rotatable bonds is 4. The summed E-state index contributed by atoms with van der Waals surface area (Å²) < 4.78 is 0. The molecule has 1 nitrogen and oxygen atoms in total. The van der Waals surface area contributed by atoms with Gasteiger partial charge in [-0.1, -0.05) is 32.9 Å². The molecule has 0 amide bonds. The summed E-state index contributed by atoms with van der Waals surface area (Å²) in [6.45, 7) is 10.1. The predicted molar refractivity (Wildman–Crippen MR) is 67.9 cm³/mol. The first-order chi connectivity index (χ1) is 7.56. The molecule has 0 aliphatic heterocycles. The highest BCUT2D eigenvalue weighted by atomic mass is 14.2. The SMILES string of the molecule is C=C[C](C)c1cc(C#N)cc(CC(C)C)c1. The molecule has 0 bridgehead atoms. The monoisotopic (exact) mass is 212 g/mol. The molecule has 0 atom stereocenters. The summed E-state index contributed by atoms with van der Waals surface area (Å²) in [6, 6.07) is 8.25. The first-order valence-electron chi connectivity index (χ1n) is 5.57. The highest BCUT2D eigenvalue weighted by Crippen LogP contribution is 2.20. The average molecular weight is 212 g/mol. The molecule has 1 aromatic rings. The zero-order valence-electron chi connectivity index (χ0n) is 10.2. The van der Waals surface area contributed by atoms with Gasteiger partial charge < -0.3 is 0 Å². The molecule has 1 radical (unpaired) electrons. The smallest absolute Gasteiger partial charge is 0.0991 e. The van der Waals surface area contributed by atoms with Crippen LogP contribution < -0.4 is 0 Å². The van der Waals surface area contributed by atoms with Gasteiger partial charge in [0.1, 0.15) is 0 Å². The van der Waals surface area contributed by atoms with E-state index < -0.39 is 0 Å². The van der Waals surface area contributed by atoms with Gasteiger partial charge in [0.2, 0.25) is 0 Å². The first-order valence-corrected chi connectivity index (χ1v) is 5.57. The highest BCUT2D eigenvalue weighted by molar-refractivity contribution is 5.45. The molecular weight excluding hydrogens is 194 g/mol. The van der Waals surface area contributed by atoms with Crippen LogP contribution in [0, 0.1) is 23.2 Å². The van der Waals surface area contributed by atoms with Crippen molar-refractivity contribution in [3.8, 4) is 6.07 Å². The van der Waals surface area contributed by atoms with Crippen LogP contribution in [0.25, 0.3) is 0 Å². The van der Waals surface area contributed by atoms with Crippen molar-refractivity contribution in [1.29, 1.82) is 5.26 Å². The van der Waals surface area contributed by atoms with E-state index in [0.29, 0.717) is 5.92 Å². The molecule has 0 spiro atoms. The van der Waals surface area contributed by atoms with Gasteiger partial charge in [0.05, 0.1) is 11.6 Å². The number of hydrogen-bond acceptors (Lipinski definition) is 1. The fraction of sp³-hybridized carbons (Fsp3) is 0.333. The first kappa shape index (κ1) is 12.5. The Labute approximate surface area is 98.4 Å². The molecule has 0 aliphatic carbocycles. The van der Waals surface area contributed by atoms with E-state index in [4.69, 9.17) is 5.26 Å². The Balaban J connectivity index is 3.11. The van der Waals surface area contributed by atoms with Crippen LogP contribution >= 0.6 is 0 Å². The topological polar surface area (TPSA) is 23.8 Å². The molecular formula is C15H18N. The molecule has 0 heterocycles. The Morgan fingerprint density at radius 3 is 2.62 bits per heavy atom. The second-order valence-corrected chi connectivity index (χ2v) is 4.52. The van der Waals surface area contributed by atoms with Crippen molar-refractivity contribution < 1.29 is 0 Å². The Bertz CT molecular complexity index is 410. The van der Waals surface area contributed by atoms with Crippen molar-refractivity contribution in [2.24, 2.45) is 5.92 Å². The van der Waals surface area contributed by atoms with Crippen LogP contribution in [0.15, 0.2) is 30.9 Å². The van der Waals surface area contributed by atoms with E-state index in [9.17, 15) is 0 Å². The second kappa shape index (κ2) is 5.51. The predicted octanol–water partition coefficient (Wildman–Crippen LogP) is 3.89. The number of benzene rings is 1. The van der Waals surface area contributed by atoms with Gasteiger partial charge in [-0.2, -0.15) is 5.26 Å². The Morgan fingerprint density at radius 1 is 1.44 bits per heavy atom. The zero-order valence-corrected chi connectivity index (χ0v) is 10.2. The van der Waals surface area contributed by atoms with E-state index in [1.807, 2.05) is 25.1 Å². The third kappa shape index (κ3) is 3.24. The quantitative estimate of drug-likeness (QED) is 0.743.